The molecule has 10 nitrogen and oxygen atoms in total. The number of carbonyl (C=O) groups is 2. The molecule has 1 unspecified atom stereocenters. The summed E-state index contributed by atoms with van der Waals surface area (Å²) < 4.78 is 0. The summed E-state index contributed by atoms with van der Waals surface area (Å²) in [6.45, 7) is 1.32. The third-order valence-corrected chi connectivity index (χ3v) is 4.47. The van der Waals surface area contributed by atoms with Crippen molar-refractivity contribution in [3.8, 4) is 0 Å². The maximum atomic E-state index is 12.1. The molecule has 28 heavy (non-hydrogen) atoms. The SMILES string of the molecule is NC(=O)C1CCCN(c2ccc(NC(=O)Nc3cccc([N+](=O)[O-])c3)cn2)C1. The standard InChI is InChI=1S/C18H20N6O4/c19-17(25)12-3-2-8-23(11-12)16-7-6-14(10-20-16)22-18(26)21-13-4-1-5-15(9-13)24(27)28/h1,4-7,9-10,12H,2-3,8,11H2,(H2,19,25)(H2,21,22,26). The van der Waals surface area contributed by atoms with Crippen LogP contribution in [-0.4, -0.2) is 34.9 Å². The topological polar surface area (TPSA) is 143 Å². The molecule has 2 aromatic rings. The second kappa shape index (κ2) is 8.33. The largest absolute Gasteiger partial charge is 0.369 e. The molecule has 3 amide bonds. The molecule has 2 heterocycles. The van der Waals surface area contributed by atoms with Crippen molar-refractivity contribution in [1.82, 2.24) is 4.98 Å². The number of hydrogen-bond acceptors (Lipinski definition) is 6. The van der Waals surface area contributed by atoms with Gasteiger partial charge in [-0.05, 0) is 31.0 Å². The quantitative estimate of drug-likeness (QED) is 0.533. The number of anilines is 3. The second-order valence-electron chi connectivity index (χ2n) is 6.48. The summed E-state index contributed by atoms with van der Waals surface area (Å²) in [5.74, 6) is 0.213. The number of nitrogens with one attached hydrogen (secondary N) is 2. The Morgan fingerprint density at radius 2 is 2.00 bits per heavy atom. The van der Waals surface area contributed by atoms with E-state index in [1.165, 1.54) is 24.4 Å². The number of nitro groups is 1. The number of aromatic nitrogens is 1. The van der Waals surface area contributed by atoms with E-state index in [4.69, 9.17) is 5.73 Å². The van der Waals surface area contributed by atoms with Crippen molar-refractivity contribution in [2.75, 3.05) is 28.6 Å². The number of nitrogens with zero attached hydrogens (tertiary/aromatic N) is 3. The Morgan fingerprint density at radius 3 is 2.68 bits per heavy atom. The fourth-order valence-electron chi connectivity index (χ4n) is 3.06. The van der Waals surface area contributed by atoms with Crippen LogP contribution in [0.3, 0.4) is 0 Å². The number of hydrogen-bond donors (Lipinski definition) is 3. The molecule has 1 aliphatic rings. The van der Waals surface area contributed by atoms with Crippen molar-refractivity contribution in [2.45, 2.75) is 12.8 Å². The number of pyridine rings is 1. The number of piperidine rings is 1. The molecular weight excluding hydrogens is 364 g/mol. The van der Waals surface area contributed by atoms with Crippen molar-refractivity contribution < 1.29 is 14.5 Å². The molecule has 0 aliphatic carbocycles. The van der Waals surface area contributed by atoms with Gasteiger partial charge in [-0.3, -0.25) is 14.9 Å². The lowest BCUT2D eigenvalue weighted by molar-refractivity contribution is -0.384. The van der Waals surface area contributed by atoms with Crippen molar-refractivity contribution in [1.29, 1.82) is 0 Å². The molecule has 0 spiro atoms. The molecule has 10 heteroatoms. The molecule has 0 bridgehead atoms. The van der Waals surface area contributed by atoms with Crippen LogP contribution in [0.1, 0.15) is 12.8 Å². The second-order valence-corrected chi connectivity index (χ2v) is 6.48. The number of nitrogens with two attached hydrogens (primary N) is 1. The highest BCUT2D eigenvalue weighted by Gasteiger charge is 2.24. The van der Waals surface area contributed by atoms with E-state index in [1.807, 2.05) is 4.90 Å². The first-order valence-electron chi connectivity index (χ1n) is 8.75. The molecular formula is C18H20N6O4. The van der Waals surface area contributed by atoms with Crippen LogP contribution >= 0.6 is 0 Å². The lowest BCUT2D eigenvalue weighted by Crippen LogP contribution is -2.41. The molecule has 1 aliphatic heterocycles. The zero-order valence-electron chi connectivity index (χ0n) is 15.0. The van der Waals surface area contributed by atoms with Crippen LogP contribution in [0.2, 0.25) is 0 Å². The third-order valence-electron chi connectivity index (χ3n) is 4.47. The molecule has 1 atom stereocenters. The zero-order valence-corrected chi connectivity index (χ0v) is 15.0. The highest BCUT2D eigenvalue weighted by molar-refractivity contribution is 5.99. The van der Waals surface area contributed by atoms with E-state index in [1.54, 1.807) is 18.2 Å². The minimum absolute atomic E-state index is 0.111. The lowest BCUT2D eigenvalue weighted by atomic mass is 9.97. The Hall–Kier alpha value is -3.69. The molecule has 1 aromatic heterocycles. The Bertz CT molecular complexity index is 886. The van der Waals surface area contributed by atoms with Gasteiger partial charge in [-0.2, -0.15) is 0 Å². The van der Waals surface area contributed by atoms with Gasteiger partial charge >= 0.3 is 6.03 Å². The Labute approximate surface area is 160 Å². The van der Waals surface area contributed by atoms with Crippen LogP contribution in [0.15, 0.2) is 42.6 Å². The fraction of sp³-hybridized carbons (Fsp3) is 0.278. The first kappa shape index (κ1) is 19.1. The number of amides is 3. The van der Waals surface area contributed by atoms with Crippen molar-refractivity contribution in [3.05, 3.63) is 52.7 Å². The van der Waals surface area contributed by atoms with Crippen LogP contribution in [0.5, 0.6) is 0 Å². The highest BCUT2D eigenvalue weighted by atomic mass is 16.6. The van der Waals surface area contributed by atoms with Crippen molar-refractivity contribution in [2.24, 2.45) is 11.7 Å². The van der Waals surface area contributed by atoms with E-state index >= 15 is 0 Å². The van der Waals surface area contributed by atoms with Gasteiger partial charge in [-0.15, -0.1) is 0 Å². The highest BCUT2D eigenvalue weighted by Crippen LogP contribution is 2.22. The van der Waals surface area contributed by atoms with Crippen LogP contribution in [0.25, 0.3) is 0 Å². The van der Waals surface area contributed by atoms with E-state index in [2.05, 4.69) is 15.6 Å². The predicted octanol–water partition coefficient (Wildman–Crippen LogP) is 2.34. The zero-order chi connectivity index (χ0) is 20.1. The first-order chi connectivity index (χ1) is 13.4. The Balaban J connectivity index is 1.59. The van der Waals surface area contributed by atoms with Gasteiger partial charge < -0.3 is 21.3 Å². The van der Waals surface area contributed by atoms with E-state index in [9.17, 15) is 19.7 Å². The van der Waals surface area contributed by atoms with Crippen LogP contribution in [0, 0.1) is 16.0 Å². The average Bonchev–Trinajstić information content (AvgIpc) is 2.68. The number of benzene rings is 1. The predicted molar refractivity (Wildman–Crippen MR) is 104 cm³/mol. The van der Waals surface area contributed by atoms with Crippen molar-refractivity contribution >= 4 is 34.8 Å². The van der Waals surface area contributed by atoms with Crippen LogP contribution in [0.4, 0.5) is 27.7 Å². The minimum Gasteiger partial charge on any atom is -0.369 e. The van der Waals surface area contributed by atoms with Gasteiger partial charge in [0.05, 0.1) is 22.7 Å². The third kappa shape index (κ3) is 4.72. The average molecular weight is 384 g/mol. The molecule has 1 saturated heterocycles. The fourth-order valence-corrected chi connectivity index (χ4v) is 3.06. The van der Waals surface area contributed by atoms with Gasteiger partial charge in [0.1, 0.15) is 5.82 Å². The van der Waals surface area contributed by atoms with E-state index in [0.717, 1.165) is 19.4 Å². The molecule has 3 rings (SSSR count). The Morgan fingerprint density at radius 1 is 1.21 bits per heavy atom. The molecule has 1 fully saturated rings. The van der Waals surface area contributed by atoms with E-state index in [-0.39, 0.29) is 17.5 Å². The number of nitro benzene ring substituents is 1. The maximum Gasteiger partial charge on any atom is 0.323 e. The molecule has 0 radical (unpaired) electrons. The maximum absolute atomic E-state index is 12.1. The number of primary amides is 1. The first-order valence-corrected chi connectivity index (χ1v) is 8.75. The summed E-state index contributed by atoms with van der Waals surface area (Å²) in [6.07, 6.45) is 3.15. The molecule has 4 N–H and O–H groups in total. The Kier molecular flexibility index (Phi) is 5.68. The lowest BCUT2D eigenvalue weighted by Gasteiger charge is -2.32. The molecule has 0 saturated carbocycles. The van der Waals surface area contributed by atoms with Gasteiger partial charge in [0, 0.05) is 30.9 Å². The van der Waals surface area contributed by atoms with Gasteiger partial charge in [0.25, 0.3) is 5.69 Å². The van der Waals surface area contributed by atoms with Gasteiger partial charge in [0.15, 0.2) is 0 Å². The molecule has 1 aromatic carbocycles. The van der Waals surface area contributed by atoms with Gasteiger partial charge in [-0.1, -0.05) is 6.07 Å². The molecule has 146 valence electrons. The smallest absolute Gasteiger partial charge is 0.323 e. The summed E-state index contributed by atoms with van der Waals surface area (Å²) >= 11 is 0. The van der Waals surface area contributed by atoms with E-state index < -0.39 is 11.0 Å². The van der Waals surface area contributed by atoms with E-state index in [0.29, 0.717) is 23.7 Å². The van der Waals surface area contributed by atoms with Crippen molar-refractivity contribution in [3.63, 3.8) is 0 Å². The summed E-state index contributed by atoms with van der Waals surface area (Å²) in [6, 6.07) is 8.57. The summed E-state index contributed by atoms with van der Waals surface area (Å²) in [7, 11) is 0. The van der Waals surface area contributed by atoms with Gasteiger partial charge in [0.2, 0.25) is 5.91 Å². The van der Waals surface area contributed by atoms with Gasteiger partial charge in [-0.25, -0.2) is 9.78 Å². The number of carbonyl (C=O) groups excluding carboxylic acids is 2. The number of non-ortho nitro benzene ring substituents is 1. The minimum atomic E-state index is -0.540. The number of rotatable bonds is 5. The van der Waals surface area contributed by atoms with Crippen LogP contribution in [-0.2, 0) is 4.79 Å². The number of urea groups is 1. The monoisotopic (exact) mass is 384 g/mol. The normalized spacial score (nSPS) is 16.3. The van der Waals surface area contributed by atoms with Crippen LogP contribution < -0.4 is 21.3 Å². The summed E-state index contributed by atoms with van der Waals surface area (Å²) in [4.78, 5) is 40.1. The summed E-state index contributed by atoms with van der Waals surface area (Å²) in [5.41, 5.74) is 6.06. The summed E-state index contributed by atoms with van der Waals surface area (Å²) in [5, 5.41) is 15.9.